The lowest BCUT2D eigenvalue weighted by Crippen LogP contribution is -2.38. The van der Waals surface area contributed by atoms with E-state index in [2.05, 4.69) is 105 Å². The molecule has 1 atom stereocenters. The number of anilines is 1. The molecule has 1 unspecified atom stereocenters. The van der Waals surface area contributed by atoms with Crippen molar-refractivity contribution < 1.29 is 14.4 Å². The van der Waals surface area contributed by atoms with Gasteiger partial charge in [-0.2, -0.15) is 0 Å². The second kappa shape index (κ2) is 11.9. The molecule has 39 heavy (non-hydrogen) atoms. The molecule has 0 bridgehead atoms. The maximum Gasteiger partial charge on any atom is 0.268 e. The Bertz CT molecular complexity index is 1500. The van der Waals surface area contributed by atoms with Crippen molar-refractivity contribution >= 4 is 99.4 Å². The quantitative estimate of drug-likeness (QED) is 0.153. The number of hydrogen-bond donors (Lipinski definition) is 8. The van der Waals surface area contributed by atoms with Crippen molar-refractivity contribution in [2.75, 3.05) is 18.8 Å². The molecule has 0 saturated carbocycles. The predicted molar refractivity (Wildman–Crippen MR) is 160 cm³/mol. The highest BCUT2D eigenvalue weighted by Crippen LogP contribution is 2.33. The summed E-state index contributed by atoms with van der Waals surface area (Å²) in [6.07, 6.45) is 6.31. The fourth-order valence-corrected chi connectivity index (χ4v) is 4.92. The van der Waals surface area contributed by atoms with Crippen LogP contribution in [0.1, 0.15) is 32.4 Å². The molecule has 4 heterocycles. The number of rotatable bonds is 9. The van der Waals surface area contributed by atoms with Crippen LogP contribution in [-0.2, 0) is 10.3 Å². The number of imidazole rings is 1. The first-order chi connectivity index (χ1) is 18.5. The molecule has 3 aromatic rings. The number of aromatic nitrogens is 4. The Labute approximate surface area is 254 Å². The topological polar surface area (TPSA) is 212 Å². The summed E-state index contributed by atoms with van der Waals surface area (Å²) in [7, 11) is 0. The highest BCUT2D eigenvalue weighted by atomic mass is 79.9. The first-order valence-corrected chi connectivity index (χ1v) is 14.2. The van der Waals surface area contributed by atoms with Crippen LogP contribution in [0.2, 0.25) is 0 Å². The zero-order chi connectivity index (χ0) is 28.3. The number of halogens is 4. The summed E-state index contributed by atoms with van der Waals surface area (Å²) in [5.41, 5.74) is 11.4. The second-order valence-electron chi connectivity index (χ2n) is 8.01. The molecule has 17 heteroatoms. The van der Waals surface area contributed by atoms with Crippen molar-refractivity contribution in [3.8, 4) is 0 Å². The predicted octanol–water partition coefficient (Wildman–Crippen LogP) is 2.77. The van der Waals surface area contributed by atoms with Gasteiger partial charge in [-0.3, -0.25) is 19.7 Å². The van der Waals surface area contributed by atoms with E-state index in [4.69, 9.17) is 11.5 Å². The molecule has 0 aromatic carbocycles. The van der Waals surface area contributed by atoms with E-state index in [9.17, 15) is 14.4 Å². The summed E-state index contributed by atoms with van der Waals surface area (Å²) in [5.74, 6) is -1.25. The molecular weight excluding hydrogens is 772 g/mol. The number of guanidine groups is 1. The zero-order valence-corrected chi connectivity index (χ0v) is 26.0. The van der Waals surface area contributed by atoms with Crippen LogP contribution >= 0.6 is 63.7 Å². The monoisotopic (exact) mass is 788 g/mol. The number of amides is 3. The molecule has 204 valence electrons. The number of nitrogen functional groups attached to an aromatic ring is 1. The highest BCUT2D eigenvalue weighted by Gasteiger charge is 2.45. The van der Waals surface area contributed by atoms with E-state index in [1.54, 1.807) is 30.4 Å². The number of carbonyl (C=O) groups excluding carboxylic acids is 3. The second-order valence-corrected chi connectivity index (χ2v) is 11.3. The molecule has 1 aliphatic rings. The lowest BCUT2D eigenvalue weighted by Gasteiger charge is -2.18. The molecule has 0 radical (unpaired) electrons. The molecule has 0 aliphatic carbocycles. The number of carbonyl (C=O) groups is 3. The lowest BCUT2D eigenvalue weighted by atomic mass is 9.93. The van der Waals surface area contributed by atoms with Crippen LogP contribution in [0.5, 0.6) is 0 Å². The third-order valence-corrected chi connectivity index (χ3v) is 8.92. The molecular formula is C22H20Br4N10O3. The third-order valence-electron chi connectivity index (χ3n) is 5.35. The number of hydrogen-bond acceptors (Lipinski definition) is 7. The average molecular weight is 792 g/mol. The van der Waals surface area contributed by atoms with Crippen LogP contribution in [0.25, 0.3) is 6.08 Å². The van der Waals surface area contributed by atoms with Crippen LogP contribution in [0.4, 0.5) is 5.95 Å². The number of H-pyrrole nitrogens is 3. The molecule has 10 N–H and O–H groups in total. The molecule has 1 aliphatic heterocycles. The SMILES string of the molecule is NC1=NC(C=CCNC(=O)c2cc(Br)c(Br)[nH]2)(c2[nH]c(N)nc2C=CCNC(=O)c2cc(Br)c(Br)[nH]2)C(=O)N1. The van der Waals surface area contributed by atoms with Crippen molar-refractivity contribution in [3.05, 3.63) is 71.3 Å². The van der Waals surface area contributed by atoms with E-state index < -0.39 is 11.4 Å². The van der Waals surface area contributed by atoms with Gasteiger partial charge < -0.3 is 37.1 Å². The van der Waals surface area contributed by atoms with Gasteiger partial charge >= 0.3 is 0 Å². The van der Waals surface area contributed by atoms with E-state index >= 15 is 0 Å². The van der Waals surface area contributed by atoms with E-state index in [1.165, 1.54) is 6.08 Å². The Morgan fingerprint density at radius 2 is 1.49 bits per heavy atom. The Hall–Kier alpha value is -3.15. The molecule has 13 nitrogen and oxygen atoms in total. The van der Waals surface area contributed by atoms with Gasteiger partial charge in [0.1, 0.15) is 11.4 Å². The largest absolute Gasteiger partial charge is 0.370 e. The molecule has 3 aromatic heterocycles. The van der Waals surface area contributed by atoms with Gasteiger partial charge in [-0.1, -0.05) is 12.2 Å². The van der Waals surface area contributed by atoms with Gasteiger partial charge in [0.05, 0.1) is 29.5 Å². The normalized spacial score (nSPS) is 17.1. The summed E-state index contributed by atoms with van der Waals surface area (Å²) < 4.78 is 2.71. The molecule has 3 amide bonds. The van der Waals surface area contributed by atoms with Gasteiger partial charge in [0.15, 0.2) is 11.9 Å². The minimum Gasteiger partial charge on any atom is -0.370 e. The van der Waals surface area contributed by atoms with Crippen LogP contribution in [0, 0.1) is 0 Å². The number of aliphatic imine (C=N–C) groups is 1. The van der Waals surface area contributed by atoms with Crippen molar-refractivity contribution in [3.63, 3.8) is 0 Å². The minimum atomic E-state index is -1.61. The highest BCUT2D eigenvalue weighted by molar-refractivity contribution is 9.13. The minimum absolute atomic E-state index is 0.0484. The van der Waals surface area contributed by atoms with Gasteiger partial charge in [0.25, 0.3) is 17.7 Å². The maximum atomic E-state index is 13.0. The molecule has 0 spiro atoms. The zero-order valence-electron chi connectivity index (χ0n) is 19.7. The van der Waals surface area contributed by atoms with Crippen LogP contribution < -0.4 is 27.4 Å². The van der Waals surface area contributed by atoms with Gasteiger partial charge in [-0.25, -0.2) is 9.98 Å². The Balaban J connectivity index is 1.49. The van der Waals surface area contributed by atoms with E-state index in [0.717, 1.165) is 4.47 Å². The van der Waals surface area contributed by atoms with Gasteiger partial charge in [-0.15, -0.1) is 0 Å². The van der Waals surface area contributed by atoms with Gasteiger partial charge in [-0.05, 0) is 88.0 Å². The van der Waals surface area contributed by atoms with E-state index in [1.807, 2.05) is 0 Å². The number of nitrogens with one attached hydrogen (secondary N) is 6. The van der Waals surface area contributed by atoms with Crippen LogP contribution in [-0.4, -0.2) is 56.7 Å². The first-order valence-electron chi connectivity index (χ1n) is 11.0. The van der Waals surface area contributed by atoms with Crippen molar-refractivity contribution in [1.82, 2.24) is 35.9 Å². The molecule has 0 saturated heterocycles. The summed E-state index contributed by atoms with van der Waals surface area (Å²) in [6, 6.07) is 3.27. The Morgan fingerprint density at radius 3 is 1.97 bits per heavy atom. The summed E-state index contributed by atoms with van der Waals surface area (Å²) in [5, 5.41) is 7.96. The first kappa shape index (κ1) is 28.8. The summed E-state index contributed by atoms with van der Waals surface area (Å²) in [4.78, 5) is 55.0. The fourth-order valence-electron chi connectivity index (χ4n) is 3.61. The van der Waals surface area contributed by atoms with Crippen LogP contribution in [0.15, 0.2) is 53.5 Å². The molecule has 4 rings (SSSR count). The van der Waals surface area contributed by atoms with Crippen molar-refractivity contribution in [2.45, 2.75) is 5.54 Å². The van der Waals surface area contributed by atoms with Crippen LogP contribution in [0.3, 0.4) is 0 Å². The van der Waals surface area contributed by atoms with Crippen molar-refractivity contribution in [2.24, 2.45) is 10.7 Å². The maximum absolute atomic E-state index is 13.0. The standard InChI is InChI=1S/C22H20Br4N10O3/c23-9-7-12(31-15(9)25)17(37)29-5-1-3-11-14(34-20(27)33-11)22(19(39)35-21(28)36-22)4-2-6-30-18(38)13-8-10(24)16(26)32-13/h1-4,7-8,31-32H,5-6H2,(H,29,37)(H,30,38)(H3,27,33,34)(H3,28,35,36,39). The Morgan fingerprint density at radius 1 is 0.923 bits per heavy atom. The average Bonchev–Trinajstić information content (AvgIpc) is 3.60. The Kier molecular flexibility index (Phi) is 8.83. The van der Waals surface area contributed by atoms with Gasteiger partial charge in [0.2, 0.25) is 5.54 Å². The smallest absolute Gasteiger partial charge is 0.268 e. The molecule has 0 fully saturated rings. The summed E-state index contributed by atoms with van der Waals surface area (Å²) >= 11 is 13.2. The number of nitrogens with two attached hydrogens (primary N) is 2. The van der Waals surface area contributed by atoms with Gasteiger partial charge in [0, 0.05) is 13.1 Å². The fraction of sp³-hybridized carbons (Fsp3) is 0.136. The summed E-state index contributed by atoms with van der Waals surface area (Å²) in [6.45, 7) is 0.250. The van der Waals surface area contributed by atoms with Crippen molar-refractivity contribution in [1.29, 1.82) is 0 Å². The third kappa shape index (κ3) is 6.37. The number of aromatic amines is 3. The lowest BCUT2D eigenvalue weighted by molar-refractivity contribution is -0.122. The van der Waals surface area contributed by atoms with E-state index in [-0.39, 0.29) is 42.5 Å². The number of nitrogens with zero attached hydrogens (tertiary/aromatic N) is 2. The van der Waals surface area contributed by atoms with E-state index in [0.29, 0.717) is 30.8 Å².